The third-order valence-electron chi connectivity index (χ3n) is 7.35. The van der Waals surface area contributed by atoms with Gasteiger partial charge in [0.25, 0.3) is 5.91 Å². The first-order valence-electron chi connectivity index (χ1n) is 13.2. The molecule has 0 saturated heterocycles. The molecule has 1 aliphatic carbocycles. The fraction of sp³-hybridized carbons (Fsp3) is 0.267. The number of hydrogen-bond acceptors (Lipinski definition) is 8. The van der Waals surface area contributed by atoms with Crippen LogP contribution in [0, 0.1) is 0 Å². The molecule has 1 amide bonds. The molecule has 1 aliphatic rings. The number of carbonyl (C=O) groups is 1. The number of aromatic nitrogens is 4. The monoisotopic (exact) mass is 587 g/mol. The number of sulfone groups is 1. The van der Waals surface area contributed by atoms with Crippen LogP contribution in [0.2, 0.25) is 0 Å². The second-order valence-electron chi connectivity index (χ2n) is 10.5. The van der Waals surface area contributed by atoms with E-state index in [-0.39, 0.29) is 17.9 Å². The second kappa shape index (κ2) is 10.8. The smallest absolute Gasteiger partial charge is 0.253 e. The minimum atomic E-state index is -3.26. The van der Waals surface area contributed by atoms with Gasteiger partial charge in [-0.05, 0) is 49.6 Å². The number of nitrogens with zero attached hydrogens (tertiary/aromatic N) is 4. The fourth-order valence-corrected chi connectivity index (χ4v) is 6.40. The van der Waals surface area contributed by atoms with Gasteiger partial charge in [0.1, 0.15) is 18.2 Å². The molecule has 0 spiro atoms. The summed E-state index contributed by atoms with van der Waals surface area (Å²) in [4.78, 5) is 22.7. The summed E-state index contributed by atoms with van der Waals surface area (Å²) in [6.07, 6.45) is 5.11. The Morgan fingerprint density at radius 1 is 1.15 bits per heavy atom. The predicted octanol–water partition coefficient (Wildman–Crippen LogP) is 5.12. The van der Waals surface area contributed by atoms with Crippen LogP contribution < -0.4 is 5.32 Å². The van der Waals surface area contributed by atoms with Gasteiger partial charge in [-0.25, -0.2) is 18.4 Å². The zero-order valence-electron chi connectivity index (χ0n) is 22.6. The van der Waals surface area contributed by atoms with Crippen molar-refractivity contribution < 1.29 is 17.9 Å². The van der Waals surface area contributed by atoms with Gasteiger partial charge in [0.15, 0.2) is 9.84 Å². The molecule has 1 N–H and O–H groups in total. The fourth-order valence-electron chi connectivity index (χ4n) is 5.14. The van der Waals surface area contributed by atoms with Crippen molar-refractivity contribution in [1.82, 2.24) is 25.1 Å². The third kappa shape index (κ3) is 5.79. The van der Waals surface area contributed by atoms with E-state index in [1.807, 2.05) is 60.8 Å². The van der Waals surface area contributed by atoms with Gasteiger partial charge in [0.2, 0.25) is 0 Å². The lowest BCUT2D eigenvalue weighted by Gasteiger charge is -2.31. The number of ether oxygens (including phenoxy) is 1. The van der Waals surface area contributed by atoms with Gasteiger partial charge < -0.3 is 10.1 Å². The van der Waals surface area contributed by atoms with E-state index in [9.17, 15) is 13.2 Å². The topological polar surface area (TPSA) is 116 Å². The van der Waals surface area contributed by atoms with E-state index in [2.05, 4.69) is 15.4 Å². The van der Waals surface area contributed by atoms with Crippen LogP contribution in [0.15, 0.2) is 83.9 Å². The van der Waals surface area contributed by atoms with Crippen molar-refractivity contribution in [1.29, 1.82) is 0 Å². The SMILES string of the molecule is CC(OC(NC(=O)c1ccccc1)C1(c2cc(-c3cnn(CS(C)(=O)=O)c3)nc3ccccc23)CC1)c1cscn1. The lowest BCUT2D eigenvalue weighted by Crippen LogP contribution is -2.46. The highest BCUT2D eigenvalue weighted by atomic mass is 32.2. The maximum atomic E-state index is 13.4. The first-order valence-corrected chi connectivity index (χ1v) is 16.2. The molecule has 9 nitrogen and oxygen atoms in total. The maximum absolute atomic E-state index is 13.4. The van der Waals surface area contributed by atoms with E-state index < -0.39 is 21.5 Å². The van der Waals surface area contributed by atoms with E-state index in [1.54, 1.807) is 30.0 Å². The van der Waals surface area contributed by atoms with Crippen molar-refractivity contribution in [2.24, 2.45) is 0 Å². The molecule has 2 aromatic carbocycles. The Bertz CT molecular complexity index is 1800. The number of rotatable bonds is 10. The van der Waals surface area contributed by atoms with Crippen molar-refractivity contribution in [3.05, 3.63) is 101 Å². The number of carbonyl (C=O) groups excluding carboxylic acids is 1. The molecular weight excluding hydrogens is 558 g/mol. The number of nitrogens with one attached hydrogen (secondary N) is 1. The molecular formula is C30H29N5O4S2. The summed E-state index contributed by atoms with van der Waals surface area (Å²) in [6.45, 7) is 1.94. The van der Waals surface area contributed by atoms with Crippen molar-refractivity contribution >= 4 is 38.0 Å². The number of para-hydroxylation sites is 1. The molecule has 11 heteroatoms. The van der Waals surface area contributed by atoms with Crippen LogP contribution in [-0.4, -0.2) is 46.6 Å². The van der Waals surface area contributed by atoms with Crippen molar-refractivity contribution in [2.45, 2.75) is 43.4 Å². The van der Waals surface area contributed by atoms with Gasteiger partial charge in [0.05, 0.1) is 28.6 Å². The van der Waals surface area contributed by atoms with E-state index in [0.717, 1.165) is 35.0 Å². The molecule has 3 heterocycles. The second-order valence-corrected chi connectivity index (χ2v) is 13.3. The summed E-state index contributed by atoms with van der Waals surface area (Å²) in [5.41, 5.74) is 5.81. The molecule has 210 valence electrons. The highest BCUT2D eigenvalue weighted by molar-refractivity contribution is 7.89. The molecule has 1 saturated carbocycles. The van der Waals surface area contributed by atoms with Crippen LogP contribution >= 0.6 is 11.3 Å². The van der Waals surface area contributed by atoms with Gasteiger partial charge in [-0.2, -0.15) is 5.10 Å². The van der Waals surface area contributed by atoms with Crippen LogP contribution in [0.1, 0.15) is 47.5 Å². The lowest BCUT2D eigenvalue weighted by molar-refractivity contribution is -0.0415. The first-order chi connectivity index (χ1) is 19.7. The standard InChI is InChI=1S/C30H29N5O4S2/c1-20(27-17-40-18-31-27)39-29(34-28(36)21-8-4-3-5-9-21)30(12-13-30)24-14-26(33-25-11-7-6-10-23(24)25)22-15-32-35(16-22)19-41(2,37)38/h3-11,14-18,20,29H,12-13,19H2,1-2H3,(H,34,36). The van der Waals surface area contributed by atoms with Gasteiger partial charge in [-0.1, -0.05) is 36.4 Å². The summed E-state index contributed by atoms with van der Waals surface area (Å²) in [5.74, 6) is -0.430. The van der Waals surface area contributed by atoms with E-state index in [1.165, 1.54) is 22.3 Å². The number of thiazole rings is 1. The van der Waals surface area contributed by atoms with Crippen LogP contribution in [0.3, 0.4) is 0 Å². The Labute approximate surface area is 242 Å². The van der Waals surface area contributed by atoms with E-state index in [4.69, 9.17) is 9.72 Å². The van der Waals surface area contributed by atoms with Gasteiger partial charge >= 0.3 is 0 Å². The highest BCUT2D eigenvalue weighted by Gasteiger charge is 2.54. The Hall–Kier alpha value is -3.93. The van der Waals surface area contributed by atoms with E-state index in [0.29, 0.717) is 16.8 Å². The Balaban J connectivity index is 1.42. The maximum Gasteiger partial charge on any atom is 0.253 e. The Morgan fingerprint density at radius 2 is 1.90 bits per heavy atom. The van der Waals surface area contributed by atoms with Crippen LogP contribution in [-0.2, 0) is 25.9 Å². The minimum Gasteiger partial charge on any atom is -0.348 e. The largest absolute Gasteiger partial charge is 0.348 e. The lowest BCUT2D eigenvalue weighted by atomic mass is 9.89. The molecule has 0 radical (unpaired) electrons. The number of fused-ring (bicyclic) bond motifs is 1. The summed E-state index contributed by atoms with van der Waals surface area (Å²) < 4.78 is 31.7. The van der Waals surface area contributed by atoms with Crippen molar-refractivity contribution in [2.75, 3.05) is 6.26 Å². The zero-order chi connectivity index (χ0) is 28.6. The summed E-state index contributed by atoms with van der Waals surface area (Å²) in [7, 11) is -3.26. The van der Waals surface area contributed by atoms with Gasteiger partial charge in [-0.3, -0.25) is 9.48 Å². The molecule has 2 unspecified atom stereocenters. The van der Waals surface area contributed by atoms with E-state index >= 15 is 0 Å². The minimum absolute atomic E-state index is 0.215. The quantitative estimate of drug-likeness (QED) is 0.225. The Kier molecular flexibility index (Phi) is 7.18. The zero-order valence-corrected chi connectivity index (χ0v) is 24.2. The summed E-state index contributed by atoms with van der Waals surface area (Å²) in [5, 5.41) is 10.4. The molecule has 6 rings (SSSR count). The molecule has 1 fully saturated rings. The van der Waals surface area contributed by atoms with Gasteiger partial charge in [-0.15, -0.1) is 11.3 Å². The highest BCUT2D eigenvalue weighted by Crippen LogP contribution is 2.54. The first kappa shape index (κ1) is 27.3. The van der Waals surface area contributed by atoms with Crippen LogP contribution in [0.4, 0.5) is 0 Å². The van der Waals surface area contributed by atoms with Crippen LogP contribution in [0.25, 0.3) is 22.2 Å². The molecule has 3 aromatic heterocycles. The third-order valence-corrected chi connectivity index (χ3v) is 8.68. The number of amides is 1. The molecule has 0 aliphatic heterocycles. The van der Waals surface area contributed by atoms with Crippen LogP contribution in [0.5, 0.6) is 0 Å². The molecule has 2 atom stereocenters. The van der Waals surface area contributed by atoms with Crippen molar-refractivity contribution in [3.63, 3.8) is 0 Å². The summed E-state index contributed by atoms with van der Waals surface area (Å²) >= 11 is 1.50. The number of hydrogen-bond donors (Lipinski definition) is 1. The molecule has 41 heavy (non-hydrogen) atoms. The average Bonchev–Trinajstić information content (AvgIpc) is 3.33. The van der Waals surface area contributed by atoms with Crippen molar-refractivity contribution in [3.8, 4) is 11.3 Å². The Morgan fingerprint density at radius 3 is 2.61 bits per heavy atom. The normalized spacial score (nSPS) is 15.9. The molecule has 0 bridgehead atoms. The molecule has 5 aromatic rings. The number of benzene rings is 2. The number of pyridine rings is 1. The average molecular weight is 588 g/mol. The summed E-state index contributed by atoms with van der Waals surface area (Å²) in [6, 6.07) is 19.0. The van der Waals surface area contributed by atoms with Gasteiger partial charge in [0, 0.05) is 39.8 Å². The predicted molar refractivity (Wildman–Crippen MR) is 158 cm³/mol.